The van der Waals surface area contributed by atoms with Gasteiger partial charge in [-0.05, 0) is 29.9 Å². The van der Waals surface area contributed by atoms with Crippen LogP contribution in [-0.2, 0) is 6.42 Å². The monoisotopic (exact) mass is 252 g/mol. The molecule has 2 rings (SSSR count). The predicted molar refractivity (Wildman–Crippen MR) is 72.3 cm³/mol. The summed E-state index contributed by atoms with van der Waals surface area (Å²) < 4.78 is 0. The van der Waals surface area contributed by atoms with Crippen LogP contribution in [0.1, 0.15) is 38.7 Å². The summed E-state index contributed by atoms with van der Waals surface area (Å²) in [7, 11) is 0. The van der Waals surface area contributed by atoms with Crippen molar-refractivity contribution < 1.29 is 5.11 Å². The molecular weight excluding hydrogens is 232 g/mol. The van der Waals surface area contributed by atoms with Crippen LogP contribution in [0.5, 0.6) is 0 Å². The number of halogens is 1. The second-order valence-corrected chi connectivity index (χ2v) is 5.94. The SMILES string of the molecule is CC1CCCC(O)(Cc2ccccc2Cl)C1C. The van der Waals surface area contributed by atoms with Crippen LogP contribution >= 0.6 is 11.6 Å². The molecule has 1 fully saturated rings. The summed E-state index contributed by atoms with van der Waals surface area (Å²) in [6.45, 7) is 4.40. The first kappa shape index (κ1) is 12.9. The van der Waals surface area contributed by atoms with Crippen LogP contribution in [-0.4, -0.2) is 10.7 Å². The van der Waals surface area contributed by atoms with Crippen LogP contribution in [0.15, 0.2) is 24.3 Å². The molecule has 1 aliphatic carbocycles. The van der Waals surface area contributed by atoms with Crippen molar-refractivity contribution in [2.75, 3.05) is 0 Å². The minimum atomic E-state index is -0.581. The molecule has 1 nitrogen and oxygen atoms in total. The molecule has 0 spiro atoms. The first-order chi connectivity index (χ1) is 8.03. The van der Waals surface area contributed by atoms with Gasteiger partial charge in [0.05, 0.1) is 5.60 Å². The zero-order valence-electron chi connectivity index (χ0n) is 10.6. The van der Waals surface area contributed by atoms with E-state index in [9.17, 15) is 5.11 Å². The summed E-state index contributed by atoms with van der Waals surface area (Å²) in [5, 5.41) is 11.6. The van der Waals surface area contributed by atoms with Gasteiger partial charge in [0.25, 0.3) is 0 Å². The Hall–Kier alpha value is -0.530. The summed E-state index contributed by atoms with van der Waals surface area (Å²) in [5.41, 5.74) is 0.487. The molecule has 0 heterocycles. The van der Waals surface area contributed by atoms with Crippen molar-refractivity contribution in [1.29, 1.82) is 0 Å². The highest BCUT2D eigenvalue weighted by molar-refractivity contribution is 6.31. The first-order valence-corrected chi connectivity index (χ1v) is 6.86. The van der Waals surface area contributed by atoms with E-state index in [2.05, 4.69) is 13.8 Å². The fourth-order valence-corrected chi connectivity index (χ4v) is 3.16. The third kappa shape index (κ3) is 2.66. The summed E-state index contributed by atoms with van der Waals surface area (Å²) in [6, 6.07) is 7.84. The maximum atomic E-state index is 10.8. The third-order valence-electron chi connectivity index (χ3n) is 4.42. The van der Waals surface area contributed by atoms with Gasteiger partial charge in [0.1, 0.15) is 0 Å². The van der Waals surface area contributed by atoms with E-state index in [0.717, 1.165) is 23.4 Å². The van der Waals surface area contributed by atoms with Crippen LogP contribution in [0.4, 0.5) is 0 Å². The maximum Gasteiger partial charge on any atom is 0.0716 e. The summed E-state index contributed by atoms with van der Waals surface area (Å²) in [6.07, 6.45) is 3.92. The van der Waals surface area contributed by atoms with Crippen molar-refractivity contribution in [2.45, 2.75) is 45.1 Å². The fraction of sp³-hybridized carbons (Fsp3) is 0.600. The summed E-state index contributed by atoms with van der Waals surface area (Å²) >= 11 is 6.18. The van der Waals surface area contributed by atoms with Gasteiger partial charge in [0.2, 0.25) is 0 Å². The van der Waals surface area contributed by atoms with Crippen LogP contribution in [0, 0.1) is 11.8 Å². The van der Waals surface area contributed by atoms with Crippen molar-refractivity contribution in [3.05, 3.63) is 34.9 Å². The molecular formula is C15H21ClO. The molecule has 0 saturated heterocycles. The van der Waals surface area contributed by atoms with Gasteiger partial charge in [-0.2, -0.15) is 0 Å². The minimum absolute atomic E-state index is 0.340. The smallest absolute Gasteiger partial charge is 0.0716 e. The van der Waals surface area contributed by atoms with Gasteiger partial charge in [-0.1, -0.05) is 56.5 Å². The van der Waals surface area contributed by atoms with E-state index in [-0.39, 0.29) is 0 Å². The van der Waals surface area contributed by atoms with E-state index in [1.54, 1.807) is 0 Å². The van der Waals surface area contributed by atoms with Crippen molar-refractivity contribution >= 4 is 11.6 Å². The lowest BCUT2D eigenvalue weighted by Gasteiger charge is -2.42. The summed E-state index contributed by atoms with van der Waals surface area (Å²) in [5.74, 6) is 0.934. The molecule has 1 saturated carbocycles. The van der Waals surface area contributed by atoms with E-state index in [1.165, 1.54) is 6.42 Å². The highest BCUT2D eigenvalue weighted by atomic mass is 35.5. The van der Waals surface area contributed by atoms with E-state index in [1.807, 2.05) is 24.3 Å². The van der Waals surface area contributed by atoms with Crippen LogP contribution in [0.2, 0.25) is 5.02 Å². The second-order valence-electron chi connectivity index (χ2n) is 5.53. The molecule has 0 aromatic heterocycles. The number of rotatable bonds is 2. The van der Waals surface area contributed by atoms with Gasteiger partial charge in [-0.25, -0.2) is 0 Å². The number of aliphatic hydroxyl groups is 1. The number of hydrogen-bond acceptors (Lipinski definition) is 1. The second kappa shape index (κ2) is 4.99. The zero-order chi connectivity index (χ0) is 12.5. The minimum Gasteiger partial charge on any atom is -0.389 e. The molecule has 0 bridgehead atoms. The molecule has 0 radical (unpaired) electrons. The average Bonchev–Trinajstić information content (AvgIpc) is 2.29. The highest BCUT2D eigenvalue weighted by Gasteiger charge is 2.39. The molecule has 17 heavy (non-hydrogen) atoms. The Balaban J connectivity index is 2.19. The molecule has 1 aliphatic rings. The molecule has 3 unspecified atom stereocenters. The molecule has 0 amide bonds. The quantitative estimate of drug-likeness (QED) is 0.841. The molecule has 1 N–H and O–H groups in total. The van der Waals surface area contributed by atoms with Gasteiger partial charge in [0, 0.05) is 11.4 Å². The van der Waals surface area contributed by atoms with Crippen molar-refractivity contribution in [3.63, 3.8) is 0 Å². The third-order valence-corrected chi connectivity index (χ3v) is 4.79. The van der Waals surface area contributed by atoms with E-state index in [0.29, 0.717) is 18.3 Å². The van der Waals surface area contributed by atoms with Gasteiger partial charge >= 0.3 is 0 Å². The zero-order valence-corrected chi connectivity index (χ0v) is 11.4. The van der Waals surface area contributed by atoms with Crippen molar-refractivity contribution in [3.8, 4) is 0 Å². The molecule has 1 aromatic carbocycles. The van der Waals surface area contributed by atoms with E-state index in [4.69, 9.17) is 11.6 Å². The summed E-state index contributed by atoms with van der Waals surface area (Å²) in [4.78, 5) is 0. The molecule has 94 valence electrons. The highest BCUT2D eigenvalue weighted by Crippen LogP contribution is 2.40. The molecule has 1 aromatic rings. The Morgan fingerprint density at radius 2 is 2.06 bits per heavy atom. The van der Waals surface area contributed by atoms with Gasteiger partial charge in [-0.3, -0.25) is 0 Å². The Morgan fingerprint density at radius 3 is 2.76 bits per heavy atom. The number of hydrogen-bond donors (Lipinski definition) is 1. The first-order valence-electron chi connectivity index (χ1n) is 6.49. The van der Waals surface area contributed by atoms with E-state index < -0.39 is 5.60 Å². The van der Waals surface area contributed by atoms with Gasteiger partial charge in [-0.15, -0.1) is 0 Å². The van der Waals surface area contributed by atoms with Crippen molar-refractivity contribution in [1.82, 2.24) is 0 Å². The lowest BCUT2D eigenvalue weighted by atomic mass is 9.68. The maximum absolute atomic E-state index is 10.8. The predicted octanol–water partition coefficient (Wildman–Crippen LogP) is 4.07. The van der Waals surface area contributed by atoms with Crippen LogP contribution in [0.3, 0.4) is 0 Å². The van der Waals surface area contributed by atoms with E-state index >= 15 is 0 Å². The average molecular weight is 253 g/mol. The largest absolute Gasteiger partial charge is 0.389 e. The lowest BCUT2D eigenvalue weighted by Crippen LogP contribution is -2.44. The Bertz CT molecular complexity index is 390. The fourth-order valence-electron chi connectivity index (χ4n) is 2.96. The van der Waals surface area contributed by atoms with Crippen molar-refractivity contribution in [2.24, 2.45) is 11.8 Å². The topological polar surface area (TPSA) is 20.2 Å². The molecule has 0 aliphatic heterocycles. The Labute approximate surface area is 109 Å². The van der Waals surface area contributed by atoms with Gasteiger partial charge in [0.15, 0.2) is 0 Å². The standard InChI is InChI=1S/C15H21ClO/c1-11-6-5-9-15(17,12(11)2)10-13-7-3-4-8-14(13)16/h3-4,7-8,11-12,17H,5-6,9-10H2,1-2H3. The lowest BCUT2D eigenvalue weighted by molar-refractivity contribution is -0.0620. The normalized spacial score (nSPS) is 33.6. The van der Waals surface area contributed by atoms with Crippen LogP contribution in [0.25, 0.3) is 0 Å². The number of benzene rings is 1. The van der Waals surface area contributed by atoms with Gasteiger partial charge < -0.3 is 5.11 Å². The Morgan fingerprint density at radius 1 is 1.35 bits per heavy atom. The molecule has 2 heteroatoms. The molecule has 3 atom stereocenters. The van der Waals surface area contributed by atoms with Crippen LogP contribution < -0.4 is 0 Å². The Kier molecular flexibility index (Phi) is 3.79.